The van der Waals surface area contributed by atoms with Crippen LogP contribution in [0.25, 0.3) is 0 Å². The number of hydrogen-bond donors (Lipinski definition) is 0. The van der Waals surface area contributed by atoms with Crippen LogP contribution in [0.4, 0.5) is 5.69 Å². The Labute approximate surface area is 226 Å². The van der Waals surface area contributed by atoms with Gasteiger partial charge in [0.25, 0.3) is 5.91 Å². The Balaban J connectivity index is 1.75. The van der Waals surface area contributed by atoms with Gasteiger partial charge in [0.05, 0.1) is 19.6 Å². The van der Waals surface area contributed by atoms with Crippen molar-refractivity contribution in [1.82, 2.24) is 0 Å². The Morgan fingerprint density at radius 1 is 0.806 bits per heavy atom. The molecule has 0 heterocycles. The van der Waals surface area contributed by atoms with Gasteiger partial charge in [-0.3, -0.25) is 4.79 Å². The number of aryl methyl sites for hydroxylation is 4. The van der Waals surface area contributed by atoms with Crippen LogP contribution in [0.5, 0.6) is 0 Å². The van der Waals surface area contributed by atoms with Crippen molar-refractivity contribution in [3.63, 3.8) is 0 Å². The Bertz CT molecular complexity index is 1140. The van der Waals surface area contributed by atoms with Crippen LogP contribution in [0.15, 0.2) is 65.1 Å². The molecule has 0 saturated heterocycles. The van der Waals surface area contributed by atoms with E-state index in [1.807, 2.05) is 29.2 Å². The van der Waals surface area contributed by atoms with Crippen LogP contribution in [0.2, 0.25) is 0 Å². The molecule has 0 unspecified atom stereocenters. The molecule has 0 aliphatic heterocycles. The highest BCUT2D eigenvalue weighted by molar-refractivity contribution is 9.10. The molecule has 0 aliphatic rings. The molecule has 0 atom stereocenters. The molecule has 0 fully saturated rings. The zero-order valence-electron chi connectivity index (χ0n) is 22.9. The minimum Gasteiger partial charge on any atom is -0.320 e. The van der Waals surface area contributed by atoms with E-state index in [-0.39, 0.29) is 5.91 Å². The fourth-order valence-corrected chi connectivity index (χ4v) is 5.74. The van der Waals surface area contributed by atoms with E-state index in [0.717, 1.165) is 53.7 Å². The molecular formula is C32H42BrN2O+. The van der Waals surface area contributed by atoms with E-state index in [1.165, 1.54) is 27.8 Å². The smallest absolute Gasteiger partial charge is 0.258 e. The van der Waals surface area contributed by atoms with Gasteiger partial charge in [0, 0.05) is 27.8 Å². The molecule has 0 aliphatic carbocycles. The predicted octanol–water partition coefficient (Wildman–Crippen LogP) is 8.17. The molecule has 0 N–H and O–H groups in total. The first-order valence-corrected chi connectivity index (χ1v) is 14.0. The quantitative estimate of drug-likeness (QED) is 0.174. The van der Waals surface area contributed by atoms with E-state index in [1.54, 1.807) is 0 Å². The average molecular weight is 551 g/mol. The van der Waals surface area contributed by atoms with Gasteiger partial charge in [-0.2, -0.15) is 0 Å². The third kappa shape index (κ3) is 7.54. The van der Waals surface area contributed by atoms with Crippen molar-refractivity contribution in [3.05, 3.63) is 98.5 Å². The predicted molar refractivity (Wildman–Crippen MR) is 157 cm³/mol. The average Bonchev–Trinajstić information content (AvgIpc) is 2.81. The highest BCUT2D eigenvalue weighted by Crippen LogP contribution is 2.24. The van der Waals surface area contributed by atoms with Gasteiger partial charge in [-0.25, -0.2) is 0 Å². The first-order chi connectivity index (χ1) is 17.1. The number of carbonyl (C=O) groups excluding carboxylic acids is 1. The van der Waals surface area contributed by atoms with Gasteiger partial charge in [-0.15, -0.1) is 0 Å². The summed E-state index contributed by atoms with van der Waals surface area (Å²) < 4.78 is 2.00. The van der Waals surface area contributed by atoms with E-state index in [0.29, 0.717) is 12.1 Å². The minimum atomic E-state index is 0.0586. The monoisotopic (exact) mass is 549 g/mol. The first-order valence-electron chi connectivity index (χ1n) is 13.2. The second-order valence-corrected chi connectivity index (χ2v) is 11.3. The highest BCUT2D eigenvalue weighted by atomic mass is 79.9. The zero-order chi connectivity index (χ0) is 26.3. The summed E-state index contributed by atoms with van der Waals surface area (Å²) in [5, 5.41) is 0. The molecule has 0 spiro atoms. The molecule has 192 valence electrons. The van der Waals surface area contributed by atoms with Crippen LogP contribution in [-0.4, -0.2) is 36.6 Å². The molecule has 36 heavy (non-hydrogen) atoms. The third-order valence-electron chi connectivity index (χ3n) is 7.24. The largest absolute Gasteiger partial charge is 0.320 e. The number of carbonyl (C=O) groups is 1. The number of anilines is 1. The van der Waals surface area contributed by atoms with E-state index in [9.17, 15) is 4.79 Å². The van der Waals surface area contributed by atoms with Gasteiger partial charge < -0.3 is 9.38 Å². The fraction of sp³-hybridized carbons (Fsp3) is 0.406. The molecule has 4 heteroatoms. The van der Waals surface area contributed by atoms with Crippen LogP contribution in [0, 0.1) is 27.7 Å². The standard InChI is InChI=1S/C32H42BrN2O/c1-7-35(8-2,23-28-18-24(3)16-25(4)19-28)15-10-9-14-34(31-20-26(5)17-27(6)21-31)32(36)29-12-11-13-30(33)22-29/h11-13,16-22H,7-10,14-15,23H2,1-6H3/q+1. The summed E-state index contributed by atoms with van der Waals surface area (Å²) in [7, 11) is 0. The molecular weight excluding hydrogens is 508 g/mol. The van der Waals surface area contributed by atoms with Crippen molar-refractivity contribution in [2.75, 3.05) is 31.1 Å². The topological polar surface area (TPSA) is 20.3 Å². The molecule has 3 rings (SSSR count). The van der Waals surface area contributed by atoms with Crippen molar-refractivity contribution in [3.8, 4) is 0 Å². The molecule has 3 aromatic carbocycles. The van der Waals surface area contributed by atoms with Crippen molar-refractivity contribution < 1.29 is 9.28 Å². The van der Waals surface area contributed by atoms with Crippen molar-refractivity contribution in [1.29, 1.82) is 0 Å². The van der Waals surface area contributed by atoms with Gasteiger partial charge in [0.2, 0.25) is 0 Å². The van der Waals surface area contributed by atoms with Gasteiger partial charge in [0.1, 0.15) is 6.54 Å². The summed E-state index contributed by atoms with van der Waals surface area (Å²) in [5.74, 6) is 0.0586. The van der Waals surface area contributed by atoms with E-state index in [4.69, 9.17) is 0 Å². The van der Waals surface area contributed by atoms with Crippen molar-refractivity contribution in [2.45, 2.75) is 60.9 Å². The van der Waals surface area contributed by atoms with Gasteiger partial charge >= 0.3 is 0 Å². The number of halogens is 1. The van der Waals surface area contributed by atoms with Gasteiger partial charge in [-0.05, 0) is 95.8 Å². The van der Waals surface area contributed by atoms with Crippen LogP contribution < -0.4 is 4.90 Å². The number of unbranched alkanes of at least 4 members (excludes halogenated alkanes) is 1. The van der Waals surface area contributed by atoms with Crippen LogP contribution in [0.1, 0.15) is 64.9 Å². The molecule has 0 bridgehead atoms. The second kappa shape index (κ2) is 12.7. The Hall–Kier alpha value is -2.43. The van der Waals surface area contributed by atoms with Crippen LogP contribution in [-0.2, 0) is 6.54 Å². The van der Waals surface area contributed by atoms with Crippen LogP contribution >= 0.6 is 15.9 Å². The maximum Gasteiger partial charge on any atom is 0.258 e. The summed E-state index contributed by atoms with van der Waals surface area (Å²) in [5.41, 5.74) is 8.16. The summed E-state index contributed by atoms with van der Waals surface area (Å²) >= 11 is 3.52. The van der Waals surface area contributed by atoms with E-state index < -0.39 is 0 Å². The summed E-state index contributed by atoms with van der Waals surface area (Å²) in [6.07, 6.45) is 2.05. The normalized spacial score (nSPS) is 11.5. The number of nitrogens with zero attached hydrogens (tertiary/aromatic N) is 2. The minimum absolute atomic E-state index is 0.0586. The summed E-state index contributed by atoms with van der Waals surface area (Å²) in [4.78, 5) is 15.6. The number of rotatable bonds is 11. The highest BCUT2D eigenvalue weighted by Gasteiger charge is 2.24. The Morgan fingerprint density at radius 2 is 1.39 bits per heavy atom. The lowest BCUT2D eigenvalue weighted by Gasteiger charge is -2.37. The number of benzene rings is 3. The van der Waals surface area contributed by atoms with Crippen molar-refractivity contribution >= 4 is 27.5 Å². The molecule has 3 aromatic rings. The lowest BCUT2D eigenvalue weighted by Crippen LogP contribution is -2.47. The zero-order valence-corrected chi connectivity index (χ0v) is 24.5. The molecule has 0 aromatic heterocycles. The van der Waals surface area contributed by atoms with E-state index >= 15 is 0 Å². The Morgan fingerprint density at radius 3 is 1.94 bits per heavy atom. The number of amides is 1. The van der Waals surface area contributed by atoms with Crippen LogP contribution in [0.3, 0.4) is 0 Å². The van der Waals surface area contributed by atoms with Gasteiger partial charge in [-0.1, -0.05) is 57.4 Å². The van der Waals surface area contributed by atoms with E-state index in [2.05, 4.69) is 93.9 Å². The summed E-state index contributed by atoms with van der Waals surface area (Å²) in [6, 6.07) is 21.0. The molecule has 0 saturated carbocycles. The maximum absolute atomic E-state index is 13.6. The van der Waals surface area contributed by atoms with Gasteiger partial charge in [0.15, 0.2) is 0 Å². The lowest BCUT2D eigenvalue weighted by molar-refractivity contribution is -0.938. The Kier molecular flexibility index (Phi) is 9.92. The maximum atomic E-state index is 13.6. The summed E-state index contributed by atoms with van der Waals surface area (Å²) in [6.45, 7) is 18.3. The first kappa shape index (κ1) is 28.1. The van der Waals surface area contributed by atoms with Crippen molar-refractivity contribution in [2.24, 2.45) is 0 Å². The third-order valence-corrected chi connectivity index (χ3v) is 7.73. The fourth-order valence-electron chi connectivity index (χ4n) is 5.34. The number of quaternary nitrogens is 1. The molecule has 0 radical (unpaired) electrons. The molecule has 1 amide bonds. The lowest BCUT2D eigenvalue weighted by atomic mass is 10.1. The number of hydrogen-bond acceptors (Lipinski definition) is 1. The second-order valence-electron chi connectivity index (χ2n) is 10.4. The molecule has 3 nitrogen and oxygen atoms in total. The SMILES string of the molecule is CC[N+](CC)(CCCCN(C(=O)c1cccc(Br)c1)c1cc(C)cc(C)c1)Cc1cc(C)cc(C)c1.